The monoisotopic (exact) mass is 596 g/mol. The molecule has 8 heteroatoms. The van der Waals surface area contributed by atoms with Gasteiger partial charge in [0.1, 0.15) is 23.7 Å². The van der Waals surface area contributed by atoms with E-state index in [1.54, 1.807) is 0 Å². The molecule has 6 rings (SSSR count). The third kappa shape index (κ3) is 10.4. The lowest BCUT2D eigenvalue weighted by Crippen LogP contribution is -2.07. The van der Waals surface area contributed by atoms with Crippen LogP contribution in [0.2, 0.25) is 0 Å². The van der Waals surface area contributed by atoms with Gasteiger partial charge in [-0.3, -0.25) is 9.98 Å². The van der Waals surface area contributed by atoms with Gasteiger partial charge in [-0.1, -0.05) is 39.1 Å². The maximum Gasteiger partial charge on any atom is 0.189 e. The summed E-state index contributed by atoms with van der Waals surface area (Å²) in [5.41, 5.74) is 5.98. The molecule has 8 nitrogen and oxygen atoms in total. The zero-order valence-corrected chi connectivity index (χ0v) is 23.1. The van der Waals surface area contributed by atoms with E-state index in [1.165, 1.54) is 0 Å². The van der Waals surface area contributed by atoms with E-state index in [0.717, 1.165) is 58.3 Å². The van der Waals surface area contributed by atoms with Gasteiger partial charge in [-0.2, -0.15) is 0 Å². The Balaban J connectivity index is 0.00000221. The molecule has 230 valence electrons. The van der Waals surface area contributed by atoms with Crippen LogP contribution in [0.1, 0.15) is 26.0 Å². The Labute approximate surface area is 259 Å². The van der Waals surface area contributed by atoms with E-state index >= 15 is 0 Å². The lowest BCUT2D eigenvalue weighted by atomic mass is 10.1. The molecule has 0 aliphatic carbocycles. The Kier molecular flexibility index (Phi) is 12.2. The molecule has 0 saturated carbocycles. The first-order chi connectivity index (χ1) is 20.8. The highest BCUT2D eigenvalue weighted by atomic mass is 16.7. The Morgan fingerprint density at radius 1 is 0.545 bits per heavy atom. The molecule has 0 spiro atoms. The predicted molar refractivity (Wildman–Crippen MR) is 175 cm³/mol. The van der Waals surface area contributed by atoms with Gasteiger partial charge in [-0.05, 0) is 95.1 Å². The zero-order valence-electron chi connectivity index (χ0n) is 23.1. The number of aliphatic imine (C=N–C) groups is 2. The molecule has 4 aromatic rings. The third-order valence-electron chi connectivity index (χ3n) is 6.58. The van der Waals surface area contributed by atoms with Crippen molar-refractivity contribution < 1.29 is 28.4 Å². The molecular formula is C36H40N2O6. The van der Waals surface area contributed by atoms with Gasteiger partial charge in [-0.25, -0.2) is 0 Å². The molecule has 44 heavy (non-hydrogen) atoms. The Morgan fingerprint density at radius 2 is 0.909 bits per heavy atom. The van der Waals surface area contributed by atoms with Crippen LogP contribution in [0.25, 0.3) is 11.1 Å². The van der Waals surface area contributed by atoms with E-state index in [2.05, 4.69) is 34.3 Å². The summed E-state index contributed by atoms with van der Waals surface area (Å²) < 4.78 is 32.2. The van der Waals surface area contributed by atoms with Gasteiger partial charge in [0.2, 0.25) is 0 Å². The van der Waals surface area contributed by atoms with Crippen molar-refractivity contribution in [3.05, 3.63) is 108 Å². The van der Waals surface area contributed by atoms with Gasteiger partial charge in [0, 0.05) is 12.4 Å². The quantitative estimate of drug-likeness (QED) is 0.0607. The summed E-state index contributed by atoms with van der Waals surface area (Å²) >= 11 is 0. The van der Waals surface area contributed by atoms with Crippen LogP contribution >= 0.6 is 0 Å². The van der Waals surface area contributed by atoms with Crippen molar-refractivity contribution in [3.8, 4) is 22.6 Å². The first kappa shape index (κ1) is 32.6. The maximum absolute atomic E-state index is 5.58. The van der Waals surface area contributed by atoms with Crippen LogP contribution in [0.3, 0.4) is 0 Å². The highest BCUT2D eigenvalue weighted by Crippen LogP contribution is 2.25. The number of epoxide rings is 2. The summed E-state index contributed by atoms with van der Waals surface area (Å²) in [7, 11) is 0. The number of benzene rings is 4. The molecule has 4 aromatic carbocycles. The summed E-state index contributed by atoms with van der Waals surface area (Å²) in [6.07, 6.45) is 4.16. The van der Waals surface area contributed by atoms with Crippen molar-refractivity contribution in [3.63, 3.8) is 0 Å². The highest BCUT2D eigenvalue weighted by Gasteiger charge is 2.22. The molecule has 2 aliphatic heterocycles. The molecule has 2 atom stereocenters. The van der Waals surface area contributed by atoms with Crippen LogP contribution in [0.4, 0.5) is 11.4 Å². The minimum Gasteiger partial charge on any atom is -0.468 e. The largest absolute Gasteiger partial charge is 0.468 e. The Hall–Kier alpha value is -4.34. The molecule has 2 fully saturated rings. The second-order valence-electron chi connectivity index (χ2n) is 9.92. The summed E-state index contributed by atoms with van der Waals surface area (Å²) in [6, 6.07) is 31.8. The molecule has 2 aliphatic rings. The average Bonchev–Trinajstić information content (AvgIpc) is 3.98. The van der Waals surface area contributed by atoms with Crippen LogP contribution in [-0.2, 0) is 18.9 Å². The van der Waals surface area contributed by atoms with Crippen LogP contribution in [-0.4, -0.2) is 64.7 Å². The van der Waals surface area contributed by atoms with E-state index in [4.69, 9.17) is 28.4 Å². The molecule has 0 bridgehead atoms. The van der Waals surface area contributed by atoms with Gasteiger partial charge in [0.25, 0.3) is 0 Å². The Bertz CT molecular complexity index is 1350. The molecule has 2 heterocycles. The van der Waals surface area contributed by atoms with Crippen molar-refractivity contribution in [1.82, 2.24) is 0 Å². The van der Waals surface area contributed by atoms with Crippen molar-refractivity contribution >= 4 is 23.8 Å². The fourth-order valence-corrected chi connectivity index (χ4v) is 3.99. The molecule has 2 unspecified atom stereocenters. The third-order valence-corrected chi connectivity index (χ3v) is 6.58. The van der Waals surface area contributed by atoms with E-state index < -0.39 is 0 Å². The van der Waals surface area contributed by atoms with Gasteiger partial charge < -0.3 is 28.4 Å². The van der Waals surface area contributed by atoms with Gasteiger partial charge in [-0.15, -0.1) is 0 Å². The van der Waals surface area contributed by atoms with Gasteiger partial charge in [0.15, 0.2) is 13.6 Å². The second-order valence-corrected chi connectivity index (χ2v) is 9.92. The first-order valence-electron chi connectivity index (χ1n) is 13.9. The van der Waals surface area contributed by atoms with Crippen molar-refractivity contribution in [2.45, 2.75) is 27.1 Å². The number of nitrogens with zero attached hydrogens (tertiary/aromatic N) is 2. The number of ether oxygens (including phenoxy) is 6. The van der Waals surface area contributed by atoms with Gasteiger partial charge >= 0.3 is 0 Å². The van der Waals surface area contributed by atoms with Crippen LogP contribution in [0.15, 0.2) is 107 Å². The summed E-state index contributed by atoms with van der Waals surface area (Å²) in [6.45, 7) is 3.14. The molecule has 0 radical (unpaired) electrons. The SMILES string of the molecule is C.C.C(=Nc1ccc(-c2ccc(N=Cc3ccc(OCOCC4CO4)cc3)cc2)cc1)c1ccc(OCOCC2CO2)cc1. The molecule has 0 aromatic heterocycles. The lowest BCUT2D eigenvalue weighted by molar-refractivity contribution is 0.00809. The normalized spacial score (nSPS) is 16.7. The van der Waals surface area contributed by atoms with Crippen molar-refractivity contribution in [2.75, 3.05) is 40.0 Å². The second kappa shape index (κ2) is 16.5. The topological polar surface area (TPSA) is 86.7 Å². The van der Waals surface area contributed by atoms with E-state index in [0.29, 0.717) is 13.2 Å². The summed E-state index contributed by atoms with van der Waals surface area (Å²) in [5, 5.41) is 0. The highest BCUT2D eigenvalue weighted by molar-refractivity contribution is 5.83. The average molecular weight is 597 g/mol. The Morgan fingerprint density at radius 3 is 1.25 bits per heavy atom. The van der Waals surface area contributed by atoms with Crippen molar-refractivity contribution in [1.29, 1.82) is 0 Å². The zero-order chi connectivity index (χ0) is 28.4. The summed E-state index contributed by atoms with van der Waals surface area (Å²) in [4.78, 5) is 9.20. The number of rotatable bonds is 15. The fraction of sp³-hybridized carbons (Fsp3) is 0.278. The lowest BCUT2D eigenvalue weighted by Gasteiger charge is -2.06. The van der Waals surface area contributed by atoms with E-state index in [1.807, 2.05) is 85.2 Å². The minimum atomic E-state index is 0. The van der Waals surface area contributed by atoms with Crippen LogP contribution in [0.5, 0.6) is 11.5 Å². The number of hydrogen-bond donors (Lipinski definition) is 0. The standard InChI is InChI=1S/C34H32N2O6.2CH4/c1-13-31(41-23-37-19-33-21-39-33)14-2-25(1)17-35-29-9-5-27(6-10-29)28-7-11-30(12-8-28)36-18-26-3-15-32(16-4-26)42-24-38-20-34-22-40-34;;/h1-18,33-34H,19-24H2;2*1H4. The number of hydrogen-bond acceptors (Lipinski definition) is 8. The van der Waals surface area contributed by atoms with Gasteiger partial charge in [0.05, 0.1) is 37.8 Å². The van der Waals surface area contributed by atoms with Crippen LogP contribution in [0, 0.1) is 0 Å². The summed E-state index contributed by atoms with van der Waals surface area (Å²) in [5.74, 6) is 1.51. The molecule has 0 amide bonds. The predicted octanol–water partition coefficient (Wildman–Crippen LogP) is 7.63. The maximum atomic E-state index is 5.58. The van der Waals surface area contributed by atoms with E-state index in [9.17, 15) is 0 Å². The molecular weight excluding hydrogens is 556 g/mol. The molecule has 2 saturated heterocycles. The van der Waals surface area contributed by atoms with Crippen molar-refractivity contribution in [2.24, 2.45) is 9.98 Å². The van der Waals surface area contributed by atoms with Crippen LogP contribution < -0.4 is 9.47 Å². The molecule has 0 N–H and O–H groups in total. The first-order valence-corrected chi connectivity index (χ1v) is 13.9. The fourth-order valence-electron chi connectivity index (χ4n) is 3.99. The van der Waals surface area contributed by atoms with E-state index in [-0.39, 0.29) is 40.6 Å². The smallest absolute Gasteiger partial charge is 0.189 e. The minimum absolute atomic E-state index is 0.